The van der Waals surface area contributed by atoms with Crippen LogP contribution in [-0.4, -0.2) is 17.0 Å². The summed E-state index contributed by atoms with van der Waals surface area (Å²) in [4.78, 5) is 28.7. The molecule has 0 radical (unpaired) electrons. The fourth-order valence-electron chi connectivity index (χ4n) is 3.31. The van der Waals surface area contributed by atoms with Crippen LogP contribution in [0.5, 0.6) is 11.5 Å². The third kappa shape index (κ3) is 6.43. The molecule has 34 heavy (non-hydrogen) atoms. The van der Waals surface area contributed by atoms with E-state index in [4.69, 9.17) is 15.2 Å². The van der Waals surface area contributed by atoms with Crippen LogP contribution in [0, 0.1) is 0 Å². The molecule has 1 aromatic heterocycles. The van der Waals surface area contributed by atoms with Crippen LogP contribution in [0.1, 0.15) is 23.7 Å². The van der Waals surface area contributed by atoms with E-state index in [0.717, 1.165) is 10.6 Å². The number of benzene rings is 3. The molecule has 7 nitrogen and oxygen atoms in total. The van der Waals surface area contributed by atoms with Gasteiger partial charge in [0.2, 0.25) is 0 Å². The lowest BCUT2D eigenvalue weighted by atomic mass is 10.0. The van der Waals surface area contributed by atoms with Gasteiger partial charge in [-0.2, -0.15) is 0 Å². The number of para-hydroxylation sites is 1. The van der Waals surface area contributed by atoms with Gasteiger partial charge in [-0.15, -0.1) is 11.3 Å². The highest BCUT2D eigenvalue weighted by molar-refractivity contribution is 7.13. The zero-order valence-electron chi connectivity index (χ0n) is 18.2. The largest absolute Gasteiger partial charge is 0.459 e. The average molecular weight is 474 g/mol. The topological polar surface area (TPSA) is 104 Å². The molecule has 4 aromatic rings. The van der Waals surface area contributed by atoms with E-state index in [1.807, 2.05) is 66.0 Å². The number of hydrogen-bond donors (Lipinski definition) is 2. The zero-order chi connectivity index (χ0) is 23.8. The molecule has 0 aliphatic heterocycles. The Morgan fingerprint density at radius 3 is 2.38 bits per heavy atom. The Bertz CT molecular complexity index is 1250. The molecule has 0 saturated carbocycles. The summed E-state index contributed by atoms with van der Waals surface area (Å²) < 4.78 is 11.3. The summed E-state index contributed by atoms with van der Waals surface area (Å²) in [6.45, 7) is 0.0443. The number of nitrogens with one attached hydrogen (secondary N) is 1. The Morgan fingerprint density at radius 2 is 1.65 bits per heavy atom. The third-order valence-electron chi connectivity index (χ3n) is 4.88. The van der Waals surface area contributed by atoms with E-state index in [2.05, 4.69) is 10.3 Å². The molecule has 0 saturated heterocycles. The highest BCUT2D eigenvalue weighted by Crippen LogP contribution is 2.27. The molecule has 8 heteroatoms. The second kappa shape index (κ2) is 11.1. The van der Waals surface area contributed by atoms with Gasteiger partial charge in [0.1, 0.15) is 23.1 Å². The van der Waals surface area contributed by atoms with E-state index in [1.54, 1.807) is 24.3 Å². The Morgan fingerprint density at radius 1 is 0.941 bits per heavy atom. The summed E-state index contributed by atoms with van der Waals surface area (Å²) in [5.41, 5.74) is 7.69. The number of primary amides is 1. The van der Waals surface area contributed by atoms with E-state index in [0.29, 0.717) is 22.8 Å². The van der Waals surface area contributed by atoms with Crippen LogP contribution >= 0.6 is 11.3 Å². The predicted octanol–water partition coefficient (Wildman–Crippen LogP) is 5.45. The van der Waals surface area contributed by atoms with Gasteiger partial charge in [-0.25, -0.2) is 9.78 Å². The van der Waals surface area contributed by atoms with Crippen molar-refractivity contribution in [3.8, 4) is 22.1 Å². The van der Waals surface area contributed by atoms with Crippen molar-refractivity contribution in [1.29, 1.82) is 0 Å². The molecular weight excluding hydrogens is 450 g/mol. The number of thiazole rings is 1. The summed E-state index contributed by atoms with van der Waals surface area (Å²) in [6.07, 6.45) is -0.0899. The average Bonchev–Trinajstić information content (AvgIpc) is 3.33. The second-order valence-electron chi connectivity index (χ2n) is 7.42. The highest BCUT2D eigenvalue weighted by atomic mass is 32.1. The second-order valence-corrected chi connectivity index (χ2v) is 8.28. The maximum Gasteiger partial charge on any atom is 0.312 e. The molecule has 172 valence electrons. The van der Waals surface area contributed by atoms with E-state index >= 15 is 0 Å². The Labute approximate surface area is 201 Å². The first-order valence-electron chi connectivity index (χ1n) is 10.6. The number of carbonyl (C=O) groups excluding carboxylic acids is 2. The van der Waals surface area contributed by atoms with Crippen LogP contribution < -0.4 is 15.8 Å². The maximum atomic E-state index is 12.6. The Kier molecular flexibility index (Phi) is 7.52. The van der Waals surface area contributed by atoms with E-state index < -0.39 is 18.0 Å². The predicted molar refractivity (Wildman–Crippen MR) is 130 cm³/mol. The molecule has 1 heterocycles. The van der Waals surface area contributed by atoms with Crippen molar-refractivity contribution in [3.05, 3.63) is 102 Å². The van der Waals surface area contributed by atoms with E-state index in [-0.39, 0.29) is 13.0 Å². The molecular formula is C26H23N3O4S. The van der Waals surface area contributed by atoms with Crippen LogP contribution in [0.2, 0.25) is 0 Å². The molecule has 3 aromatic carbocycles. The van der Waals surface area contributed by atoms with Crippen molar-refractivity contribution in [3.63, 3.8) is 0 Å². The first kappa shape index (κ1) is 23.0. The molecule has 0 fully saturated rings. The molecule has 3 N–H and O–H groups in total. The molecule has 0 bridgehead atoms. The van der Waals surface area contributed by atoms with Crippen molar-refractivity contribution < 1.29 is 19.1 Å². The van der Waals surface area contributed by atoms with Gasteiger partial charge < -0.3 is 20.5 Å². The van der Waals surface area contributed by atoms with Gasteiger partial charge in [-0.1, -0.05) is 60.7 Å². The summed E-state index contributed by atoms with van der Waals surface area (Å²) in [7, 11) is 0. The molecule has 1 atom stereocenters. The number of aromatic nitrogens is 1. The lowest BCUT2D eigenvalue weighted by Gasteiger charge is -2.18. The molecule has 0 aliphatic carbocycles. The zero-order valence-corrected chi connectivity index (χ0v) is 19.0. The van der Waals surface area contributed by atoms with Gasteiger partial charge in [-0.05, 0) is 29.8 Å². The fraction of sp³-hybridized carbons (Fsp3) is 0.115. The van der Waals surface area contributed by atoms with Crippen LogP contribution in [0.4, 0.5) is 4.79 Å². The smallest absolute Gasteiger partial charge is 0.312 e. The first-order chi connectivity index (χ1) is 16.6. The van der Waals surface area contributed by atoms with Gasteiger partial charge in [-0.3, -0.25) is 4.79 Å². The number of esters is 1. The maximum absolute atomic E-state index is 12.6. The fourth-order valence-corrected chi connectivity index (χ4v) is 4.12. The summed E-state index contributed by atoms with van der Waals surface area (Å²) in [6, 6.07) is 24.8. The number of nitrogens with zero attached hydrogens (tertiary/aromatic N) is 1. The molecule has 4 rings (SSSR count). The minimum Gasteiger partial charge on any atom is -0.459 e. The Balaban J connectivity index is 1.39. The standard InChI is InChI=1S/C26H23N3O4S/c27-26(31)29-23(19-10-7-13-22(14-19)33-21-11-5-2-6-12-21)15-24(30)32-16-20-17-34-25(28-20)18-8-3-1-4-9-18/h1-14,17,23H,15-16H2,(H3,27,29,31)/t23-/m1/s1. The lowest BCUT2D eigenvalue weighted by Crippen LogP contribution is -2.34. The van der Waals surface area contributed by atoms with Crippen LogP contribution in [0.25, 0.3) is 10.6 Å². The first-order valence-corrected chi connectivity index (χ1v) is 11.5. The number of carbonyl (C=O) groups is 2. The highest BCUT2D eigenvalue weighted by Gasteiger charge is 2.20. The summed E-state index contributed by atoms with van der Waals surface area (Å²) >= 11 is 1.49. The van der Waals surface area contributed by atoms with Crippen molar-refractivity contribution >= 4 is 23.3 Å². The third-order valence-corrected chi connectivity index (χ3v) is 5.82. The number of urea groups is 1. The minimum atomic E-state index is -0.737. The van der Waals surface area contributed by atoms with Gasteiger partial charge in [0.05, 0.1) is 18.2 Å². The normalized spacial score (nSPS) is 11.4. The number of rotatable bonds is 9. The number of ether oxygens (including phenoxy) is 2. The van der Waals surface area contributed by atoms with E-state index in [9.17, 15) is 9.59 Å². The van der Waals surface area contributed by atoms with Gasteiger partial charge in [0.15, 0.2) is 0 Å². The molecule has 0 spiro atoms. The number of hydrogen-bond acceptors (Lipinski definition) is 6. The Hall–Kier alpha value is -4.17. The lowest BCUT2D eigenvalue weighted by molar-refractivity contribution is -0.145. The van der Waals surface area contributed by atoms with Crippen LogP contribution in [0.3, 0.4) is 0 Å². The summed E-state index contributed by atoms with van der Waals surface area (Å²) in [5.74, 6) is 0.767. The van der Waals surface area contributed by atoms with Crippen molar-refractivity contribution in [1.82, 2.24) is 10.3 Å². The number of nitrogens with two attached hydrogens (primary N) is 1. The molecule has 2 amide bonds. The van der Waals surface area contributed by atoms with Crippen molar-refractivity contribution in [2.45, 2.75) is 19.1 Å². The monoisotopic (exact) mass is 473 g/mol. The van der Waals surface area contributed by atoms with Gasteiger partial charge >= 0.3 is 12.0 Å². The number of amides is 2. The quantitative estimate of drug-likeness (QED) is 0.315. The summed E-state index contributed by atoms with van der Waals surface area (Å²) in [5, 5.41) is 5.33. The minimum absolute atomic E-state index is 0.0443. The van der Waals surface area contributed by atoms with Crippen molar-refractivity contribution in [2.24, 2.45) is 5.73 Å². The van der Waals surface area contributed by atoms with Crippen LogP contribution in [-0.2, 0) is 16.1 Å². The van der Waals surface area contributed by atoms with Gasteiger partial charge in [0, 0.05) is 10.9 Å². The van der Waals surface area contributed by atoms with E-state index in [1.165, 1.54) is 11.3 Å². The molecule has 0 aliphatic rings. The molecule has 0 unspecified atom stereocenters. The van der Waals surface area contributed by atoms with Crippen molar-refractivity contribution in [2.75, 3.05) is 0 Å². The van der Waals surface area contributed by atoms with Gasteiger partial charge in [0.25, 0.3) is 0 Å². The SMILES string of the molecule is NC(=O)N[C@H](CC(=O)OCc1csc(-c2ccccc2)n1)c1cccc(Oc2ccccc2)c1. The van der Waals surface area contributed by atoms with Crippen LogP contribution in [0.15, 0.2) is 90.3 Å².